The molecule has 1 rings (SSSR count). The number of benzene rings is 1. The van der Waals surface area contributed by atoms with Crippen molar-refractivity contribution in [3.8, 4) is 6.07 Å². The van der Waals surface area contributed by atoms with Crippen LogP contribution in [0.1, 0.15) is 5.56 Å². The molecule has 0 radical (unpaired) electrons. The summed E-state index contributed by atoms with van der Waals surface area (Å²) < 4.78 is 33.7. The van der Waals surface area contributed by atoms with E-state index in [2.05, 4.69) is 0 Å². The van der Waals surface area contributed by atoms with E-state index in [1.165, 1.54) is 6.07 Å². The summed E-state index contributed by atoms with van der Waals surface area (Å²) in [7, 11) is -5.13. The van der Waals surface area contributed by atoms with Crippen LogP contribution in [-0.2, 0) is 10.2 Å². The Labute approximate surface area is 83.9 Å². The standard InChI is InChI=1S/C7H3FN2O4S/c8-15(13,14)7-3-6(10(11)12)2-1-5(7)4-9/h1-3H. The Morgan fingerprint density at radius 1 is 1.47 bits per heavy atom. The van der Waals surface area contributed by atoms with E-state index < -0.39 is 31.3 Å². The van der Waals surface area contributed by atoms with Crippen LogP contribution in [0, 0.1) is 21.4 Å². The molecule has 0 saturated heterocycles. The second kappa shape index (κ2) is 3.62. The van der Waals surface area contributed by atoms with E-state index >= 15 is 0 Å². The fraction of sp³-hybridized carbons (Fsp3) is 0. The molecule has 0 aliphatic heterocycles. The fourth-order valence-electron chi connectivity index (χ4n) is 0.919. The van der Waals surface area contributed by atoms with Gasteiger partial charge in [0.2, 0.25) is 0 Å². The lowest BCUT2D eigenvalue weighted by molar-refractivity contribution is -0.385. The predicted molar refractivity (Wildman–Crippen MR) is 46.1 cm³/mol. The molecule has 0 spiro atoms. The lowest BCUT2D eigenvalue weighted by Crippen LogP contribution is -1.98. The summed E-state index contributed by atoms with van der Waals surface area (Å²) in [5.74, 6) is 0. The molecule has 0 aliphatic carbocycles. The maximum Gasteiger partial charge on any atom is 0.333 e. The van der Waals surface area contributed by atoms with Gasteiger partial charge in [-0.1, -0.05) is 0 Å². The highest BCUT2D eigenvalue weighted by atomic mass is 32.3. The second-order valence-electron chi connectivity index (χ2n) is 2.49. The molecule has 15 heavy (non-hydrogen) atoms. The highest BCUT2D eigenvalue weighted by Gasteiger charge is 2.21. The molecule has 8 heteroatoms. The van der Waals surface area contributed by atoms with Crippen molar-refractivity contribution in [3.63, 3.8) is 0 Å². The lowest BCUT2D eigenvalue weighted by atomic mass is 10.2. The number of nitrogens with zero attached hydrogens (tertiary/aromatic N) is 2. The summed E-state index contributed by atoms with van der Waals surface area (Å²) in [6.45, 7) is 0. The van der Waals surface area contributed by atoms with Crippen LogP contribution in [0.2, 0.25) is 0 Å². The van der Waals surface area contributed by atoms with E-state index in [0.29, 0.717) is 6.07 Å². The summed E-state index contributed by atoms with van der Waals surface area (Å²) >= 11 is 0. The van der Waals surface area contributed by atoms with Crippen molar-refractivity contribution in [1.82, 2.24) is 0 Å². The normalized spacial score (nSPS) is 10.7. The van der Waals surface area contributed by atoms with Crippen molar-refractivity contribution in [2.24, 2.45) is 0 Å². The molecule has 0 saturated carbocycles. The van der Waals surface area contributed by atoms with E-state index in [-0.39, 0.29) is 0 Å². The number of nitro benzene ring substituents is 1. The minimum atomic E-state index is -5.13. The molecule has 78 valence electrons. The number of hydrogen-bond donors (Lipinski definition) is 0. The molecule has 1 aromatic carbocycles. The summed E-state index contributed by atoms with van der Waals surface area (Å²) in [5, 5.41) is 18.7. The van der Waals surface area contributed by atoms with Crippen LogP contribution in [0.25, 0.3) is 0 Å². The number of non-ortho nitro benzene ring substituents is 1. The molecule has 0 heterocycles. The summed E-state index contributed by atoms with van der Waals surface area (Å²) in [4.78, 5) is 8.42. The summed E-state index contributed by atoms with van der Waals surface area (Å²) in [6.07, 6.45) is 0. The Balaban J connectivity index is 3.55. The Morgan fingerprint density at radius 2 is 2.07 bits per heavy atom. The van der Waals surface area contributed by atoms with E-state index in [4.69, 9.17) is 5.26 Å². The van der Waals surface area contributed by atoms with Crippen molar-refractivity contribution < 1.29 is 17.2 Å². The lowest BCUT2D eigenvalue weighted by Gasteiger charge is -1.97. The molecule has 0 unspecified atom stereocenters. The average molecular weight is 230 g/mol. The Hall–Kier alpha value is -2.01. The van der Waals surface area contributed by atoms with Gasteiger partial charge in [-0.15, -0.1) is 3.89 Å². The molecule has 0 N–H and O–H groups in total. The number of nitriles is 1. The van der Waals surface area contributed by atoms with Crippen LogP contribution in [0.15, 0.2) is 23.1 Å². The molecule has 1 aromatic rings. The van der Waals surface area contributed by atoms with Crippen molar-refractivity contribution in [2.75, 3.05) is 0 Å². The topological polar surface area (TPSA) is 101 Å². The van der Waals surface area contributed by atoms with Gasteiger partial charge in [-0.25, -0.2) is 0 Å². The first-order chi connectivity index (χ1) is 6.86. The monoisotopic (exact) mass is 230 g/mol. The molecule has 0 aromatic heterocycles. The Bertz CT molecular complexity index is 561. The highest BCUT2D eigenvalue weighted by Crippen LogP contribution is 2.23. The third-order valence-corrected chi connectivity index (χ3v) is 2.42. The van der Waals surface area contributed by atoms with Gasteiger partial charge in [0.15, 0.2) is 0 Å². The molecular weight excluding hydrogens is 227 g/mol. The van der Waals surface area contributed by atoms with Crippen LogP contribution in [0.5, 0.6) is 0 Å². The number of halogens is 1. The second-order valence-corrected chi connectivity index (χ2v) is 3.80. The van der Waals surface area contributed by atoms with Crippen LogP contribution in [0.4, 0.5) is 9.57 Å². The predicted octanol–water partition coefficient (Wildman–Crippen LogP) is 1.12. The van der Waals surface area contributed by atoms with Gasteiger partial charge in [0.25, 0.3) is 5.69 Å². The zero-order valence-corrected chi connectivity index (χ0v) is 7.86. The molecule has 0 fully saturated rings. The fourth-order valence-corrected chi connectivity index (χ4v) is 1.56. The van der Waals surface area contributed by atoms with Gasteiger partial charge < -0.3 is 0 Å². The molecule has 0 amide bonds. The van der Waals surface area contributed by atoms with Gasteiger partial charge >= 0.3 is 10.2 Å². The third kappa shape index (κ3) is 2.26. The Kier molecular flexibility index (Phi) is 2.67. The van der Waals surface area contributed by atoms with Gasteiger partial charge in [0, 0.05) is 12.1 Å². The van der Waals surface area contributed by atoms with Crippen molar-refractivity contribution >= 4 is 15.9 Å². The zero-order chi connectivity index (χ0) is 11.6. The van der Waals surface area contributed by atoms with E-state index in [1.54, 1.807) is 0 Å². The largest absolute Gasteiger partial charge is 0.333 e. The average Bonchev–Trinajstić information content (AvgIpc) is 2.15. The quantitative estimate of drug-likeness (QED) is 0.430. The van der Waals surface area contributed by atoms with Gasteiger partial charge in [-0.2, -0.15) is 13.7 Å². The minimum Gasteiger partial charge on any atom is -0.258 e. The number of rotatable bonds is 2. The number of hydrogen-bond acceptors (Lipinski definition) is 5. The first kappa shape index (κ1) is 11.1. The minimum absolute atomic E-state index is 0.469. The molecule has 0 aliphatic rings. The highest BCUT2D eigenvalue weighted by molar-refractivity contribution is 7.86. The maximum atomic E-state index is 12.6. The van der Waals surface area contributed by atoms with E-state index in [9.17, 15) is 22.4 Å². The molecule has 0 atom stereocenters. The van der Waals surface area contributed by atoms with Crippen molar-refractivity contribution in [2.45, 2.75) is 4.90 Å². The molecular formula is C7H3FN2O4S. The van der Waals surface area contributed by atoms with Gasteiger partial charge in [0.05, 0.1) is 10.5 Å². The van der Waals surface area contributed by atoms with E-state index in [0.717, 1.165) is 12.1 Å². The van der Waals surface area contributed by atoms with Crippen LogP contribution in [-0.4, -0.2) is 13.3 Å². The van der Waals surface area contributed by atoms with Gasteiger partial charge in [-0.3, -0.25) is 10.1 Å². The smallest absolute Gasteiger partial charge is 0.258 e. The van der Waals surface area contributed by atoms with Crippen molar-refractivity contribution in [1.29, 1.82) is 5.26 Å². The summed E-state index contributed by atoms with van der Waals surface area (Å²) in [6, 6.07) is 3.74. The van der Waals surface area contributed by atoms with Crippen LogP contribution in [0.3, 0.4) is 0 Å². The maximum absolute atomic E-state index is 12.6. The van der Waals surface area contributed by atoms with Crippen LogP contribution < -0.4 is 0 Å². The molecule has 0 bridgehead atoms. The first-order valence-electron chi connectivity index (χ1n) is 3.49. The summed E-state index contributed by atoms with van der Waals surface area (Å²) in [5.41, 5.74) is -1.06. The number of nitro groups is 1. The van der Waals surface area contributed by atoms with Crippen molar-refractivity contribution in [3.05, 3.63) is 33.9 Å². The Morgan fingerprint density at radius 3 is 2.47 bits per heavy atom. The third-order valence-electron chi connectivity index (χ3n) is 1.56. The zero-order valence-electron chi connectivity index (χ0n) is 7.05. The van der Waals surface area contributed by atoms with Gasteiger partial charge in [-0.05, 0) is 6.07 Å². The SMILES string of the molecule is N#Cc1ccc([N+](=O)[O-])cc1S(=O)(=O)F. The molecule has 6 nitrogen and oxygen atoms in total. The van der Waals surface area contributed by atoms with Crippen LogP contribution >= 0.6 is 0 Å². The van der Waals surface area contributed by atoms with Gasteiger partial charge in [0.1, 0.15) is 11.0 Å². The first-order valence-corrected chi connectivity index (χ1v) is 4.88. The van der Waals surface area contributed by atoms with E-state index in [1.807, 2.05) is 0 Å².